The van der Waals surface area contributed by atoms with E-state index in [-0.39, 0.29) is 18.2 Å². The summed E-state index contributed by atoms with van der Waals surface area (Å²) in [6, 6.07) is 24.1. The average molecular weight is 489 g/mol. The summed E-state index contributed by atoms with van der Waals surface area (Å²) in [5.41, 5.74) is 3.49. The number of hydrogen-bond donors (Lipinski definition) is 1. The van der Waals surface area contributed by atoms with Crippen LogP contribution in [0.1, 0.15) is 23.1 Å². The molecule has 1 unspecified atom stereocenters. The van der Waals surface area contributed by atoms with Crippen LogP contribution >= 0.6 is 23.4 Å². The van der Waals surface area contributed by atoms with Gasteiger partial charge in [0.25, 0.3) is 5.91 Å². The van der Waals surface area contributed by atoms with Crippen LogP contribution in [-0.2, 0) is 21.9 Å². The predicted octanol–water partition coefficient (Wildman–Crippen LogP) is 4.94. The summed E-state index contributed by atoms with van der Waals surface area (Å²) in [4.78, 5) is 36.9. The zero-order chi connectivity index (χ0) is 23.5. The zero-order valence-electron chi connectivity index (χ0n) is 18.1. The second kappa shape index (κ2) is 9.83. The van der Waals surface area contributed by atoms with Crippen molar-refractivity contribution in [1.29, 1.82) is 0 Å². The number of fused-ring (bicyclic) bond motifs is 3. The first-order valence-electron chi connectivity index (χ1n) is 10.9. The molecule has 0 saturated carbocycles. The first-order chi connectivity index (χ1) is 16.6. The van der Waals surface area contributed by atoms with Crippen molar-refractivity contribution in [2.24, 2.45) is 9.98 Å². The molecule has 0 fully saturated rings. The van der Waals surface area contributed by atoms with Crippen LogP contribution in [0.5, 0.6) is 0 Å². The van der Waals surface area contributed by atoms with Gasteiger partial charge < -0.3 is 5.32 Å². The third-order valence-electron chi connectivity index (χ3n) is 5.57. The van der Waals surface area contributed by atoms with Crippen molar-refractivity contribution in [3.63, 3.8) is 0 Å². The van der Waals surface area contributed by atoms with Crippen molar-refractivity contribution < 1.29 is 9.59 Å². The molecule has 1 N–H and O–H groups in total. The molecule has 0 spiro atoms. The fraction of sp³-hybridized carbons (Fsp3) is 0.154. The second-order valence-electron chi connectivity index (χ2n) is 7.90. The number of rotatable bonds is 6. The van der Waals surface area contributed by atoms with Crippen molar-refractivity contribution in [2.45, 2.75) is 24.8 Å². The van der Waals surface area contributed by atoms with E-state index in [1.807, 2.05) is 78.9 Å². The molecule has 0 aliphatic carbocycles. The molecular formula is C26H21ClN4O2S. The molecular weight excluding hydrogens is 468 g/mol. The largest absolute Gasteiger partial charge is 0.352 e. The van der Waals surface area contributed by atoms with Gasteiger partial charge in [-0.3, -0.25) is 14.6 Å². The molecule has 5 rings (SSSR count). The molecule has 1 atom stereocenters. The van der Waals surface area contributed by atoms with E-state index in [1.54, 1.807) is 4.90 Å². The van der Waals surface area contributed by atoms with Crippen molar-refractivity contribution >= 4 is 51.9 Å². The number of carbonyl (C=O) groups excluding carboxylic acids is 2. The number of para-hydroxylation sites is 1. The fourth-order valence-corrected chi connectivity index (χ4v) is 5.12. The monoisotopic (exact) mass is 488 g/mol. The van der Waals surface area contributed by atoms with Crippen LogP contribution in [0.3, 0.4) is 0 Å². The number of amides is 2. The first-order valence-corrected chi connectivity index (χ1v) is 12.2. The SMILES string of the molecule is O=C(CC1N=C2c3ccccc3N=C(SCc3ccccc3Cl)N2C1=O)NCc1ccccc1. The van der Waals surface area contributed by atoms with E-state index in [4.69, 9.17) is 16.6 Å². The molecule has 2 aliphatic rings. The number of halogens is 1. The number of carbonyl (C=O) groups is 2. The Morgan fingerprint density at radius 3 is 2.56 bits per heavy atom. The van der Waals surface area contributed by atoms with Gasteiger partial charge in [0, 0.05) is 22.9 Å². The van der Waals surface area contributed by atoms with Gasteiger partial charge in [-0.05, 0) is 29.3 Å². The van der Waals surface area contributed by atoms with Gasteiger partial charge in [0.2, 0.25) is 5.91 Å². The lowest BCUT2D eigenvalue weighted by Gasteiger charge is -2.25. The van der Waals surface area contributed by atoms with Crippen molar-refractivity contribution in [2.75, 3.05) is 0 Å². The number of nitrogens with one attached hydrogen (secondary N) is 1. The van der Waals surface area contributed by atoms with E-state index >= 15 is 0 Å². The van der Waals surface area contributed by atoms with Crippen LogP contribution in [0.25, 0.3) is 0 Å². The number of aliphatic imine (C=N–C) groups is 2. The minimum Gasteiger partial charge on any atom is -0.352 e. The van der Waals surface area contributed by atoms with Gasteiger partial charge in [0.15, 0.2) is 5.17 Å². The molecule has 0 saturated heterocycles. The van der Waals surface area contributed by atoms with Gasteiger partial charge in [0.1, 0.15) is 11.9 Å². The lowest BCUT2D eigenvalue weighted by atomic mass is 10.1. The predicted molar refractivity (Wildman–Crippen MR) is 136 cm³/mol. The maximum Gasteiger partial charge on any atom is 0.259 e. The molecule has 0 aromatic heterocycles. The minimum atomic E-state index is -0.789. The average Bonchev–Trinajstić information content (AvgIpc) is 3.19. The minimum absolute atomic E-state index is 0.0176. The molecule has 0 radical (unpaired) electrons. The second-order valence-corrected chi connectivity index (χ2v) is 9.25. The van der Waals surface area contributed by atoms with Gasteiger partial charge in [-0.2, -0.15) is 0 Å². The van der Waals surface area contributed by atoms with Gasteiger partial charge in [-0.15, -0.1) is 0 Å². The Labute approximate surface area is 206 Å². The number of thioether (sulfide) groups is 1. The maximum atomic E-state index is 13.4. The van der Waals surface area contributed by atoms with Gasteiger partial charge >= 0.3 is 0 Å². The third-order valence-corrected chi connectivity index (χ3v) is 6.93. The molecule has 8 heteroatoms. The van der Waals surface area contributed by atoms with Gasteiger partial charge in [-0.25, -0.2) is 9.89 Å². The topological polar surface area (TPSA) is 74.1 Å². The summed E-state index contributed by atoms with van der Waals surface area (Å²) >= 11 is 7.74. The Morgan fingerprint density at radius 2 is 1.74 bits per heavy atom. The summed E-state index contributed by atoms with van der Waals surface area (Å²) in [5, 5.41) is 4.09. The maximum absolute atomic E-state index is 13.4. The Bertz CT molecular complexity index is 1310. The molecule has 6 nitrogen and oxygen atoms in total. The number of benzene rings is 3. The van der Waals surface area contributed by atoms with Crippen LogP contribution in [-0.4, -0.2) is 33.8 Å². The van der Waals surface area contributed by atoms with Gasteiger partial charge in [0.05, 0.1) is 12.1 Å². The highest BCUT2D eigenvalue weighted by Crippen LogP contribution is 2.35. The molecule has 2 amide bonds. The van der Waals surface area contributed by atoms with E-state index in [0.29, 0.717) is 28.3 Å². The summed E-state index contributed by atoms with van der Waals surface area (Å²) in [6.45, 7) is 0.407. The Balaban J connectivity index is 1.34. The fourth-order valence-electron chi connectivity index (χ4n) is 3.83. The van der Waals surface area contributed by atoms with Gasteiger partial charge in [-0.1, -0.05) is 84.0 Å². The summed E-state index contributed by atoms with van der Waals surface area (Å²) in [6.07, 6.45) is -0.0176. The number of hydrogen-bond acceptors (Lipinski definition) is 5. The van der Waals surface area contributed by atoms with Crippen molar-refractivity contribution in [3.05, 3.63) is 101 Å². The third kappa shape index (κ3) is 4.62. The van der Waals surface area contributed by atoms with Crippen LogP contribution in [0.4, 0.5) is 5.69 Å². The Hall–Kier alpha value is -3.42. The van der Waals surface area contributed by atoms with Crippen LogP contribution in [0.2, 0.25) is 5.02 Å². The van der Waals surface area contributed by atoms with E-state index < -0.39 is 6.04 Å². The molecule has 34 heavy (non-hydrogen) atoms. The van der Waals surface area contributed by atoms with Crippen molar-refractivity contribution in [1.82, 2.24) is 10.2 Å². The van der Waals surface area contributed by atoms with Crippen LogP contribution in [0.15, 0.2) is 88.8 Å². The smallest absolute Gasteiger partial charge is 0.259 e. The van der Waals surface area contributed by atoms with E-state index in [0.717, 1.165) is 22.4 Å². The van der Waals surface area contributed by atoms with Crippen LogP contribution < -0.4 is 5.32 Å². The van der Waals surface area contributed by atoms with E-state index in [1.165, 1.54) is 11.8 Å². The highest BCUT2D eigenvalue weighted by molar-refractivity contribution is 8.13. The first kappa shape index (κ1) is 22.4. The standard InChI is InChI=1S/C26H21ClN4O2S/c27-20-12-6-4-10-18(20)16-34-26-30-21-13-7-5-11-19(21)24-29-22(25(33)31(24)26)14-23(32)28-15-17-8-2-1-3-9-17/h1-13,22H,14-16H2,(H,28,32). The summed E-state index contributed by atoms with van der Waals surface area (Å²) < 4.78 is 0. The Kier molecular flexibility index (Phi) is 6.47. The highest BCUT2D eigenvalue weighted by Gasteiger charge is 2.42. The molecule has 2 heterocycles. The number of amidine groups is 2. The quantitative estimate of drug-likeness (QED) is 0.534. The molecule has 170 valence electrons. The molecule has 3 aromatic carbocycles. The summed E-state index contributed by atoms with van der Waals surface area (Å²) in [5.74, 6) is 0.629. The lowest BCUT2D eigenvalue weighted by Crippen LogP contribution is -2.42. The van der Waals surface area contributed by atoms with Crippen LogP contribution in [0, 0.1) is 0 Å². The van der Waals surface area contributed by atoms with E-state index in [9.17, 15) is 9.59 Å². The van der Waals surface area contributed by atoms with E-state index in [2.05, 4.69) is 10.3 Å². The Morgan fingerprint density at radius 1 is 1.00 bits per heavy atom. The summed E-state index contributed by atoms with van der Waals surface area (Å²) in [7, 11) is 0. The molecule has 2 aliphatic heterocycles. The molecule has 0 bridgehead atoms. The van der Waals surface area contributed by atoms with Crippen molar-refractivity contribution in [3.8, 4) is 0 Å². The highest BCUT2D eigenvalue weighted by atomic mass is 35.5. The lowest BCUT2D eigenvalue weighted by molar-refractivity contribution is -0.128. The number of nitrogens with zero attached hydrogens (tertiary/aromatic N) is 3. The molecule has 3 aromatic rings. The normalized spacial score (nSPS) is 16.4. The zero-order valence-corrected chi connectivity index (χ0v) is 19.7.